The van der Waals surface area contributed by atoms with Crippen LogP contribution in [-0.2, 0) is 23.7 Å². The molecule has 12 unspecified atom stereocenters. The van der Waals surface area contributed by atoms with Crippen LogP contribution in [0.4, 0.5) is 0 Å². The molecule has 0 aromatic carbocycles. The van der Waals surface area contributed by atoms with Crippen LogP contribution < -0.4 is 5.32 Å². The molecule has 2 rings (SSSR count). The van der Waals surface area contributed by atoms with Crippen molar-refractivity contribution in [3.63, 3.8) is 0 Å². The summed E-state index contributed by atoms with van der Waals surface area (Å²) in [6.07, 6.45) is 87.0. The second kappa shape index (κ2) is 70.4. The zero-order valence-electron chi connectivity index (χ0n) is 64.6. The number of carbonyl (C=O) groups excluding carboxylic acids is 1. The number of amides is 1. The van der Waals surface area contributed by atoms with Crippen LogP contribution in [0.2, 0.25) is 0 Å². The van der Waals surface area contributed by atoms with Crippen molar-refractivity contribution >= 4 is 5.91 Å². The molecule has 0 radical (unpaired) electrons. The molecule has 0 aromatic heterocycles. The molecule has 9 N–H and O–H groups in total. The lowest BCUT2D eigenvalue weighted by molar-refractivity contribution is -0.359. The van der Waals surface area contributed by atoms with Gasteiger partial charge in [0.25, 0.3) is 0 Å². The van der Waals surface area contributed by atoms with Crippen molar-refractivity contribution < 1.29 is 64.6 Å². The van der Waals surface area contributed by atoms with Crippen LogP contribution in [0.1, 0.15) is 335 Å². The number of carbonyl (C=O) groups is 1. The Morgan fingerprint density at radius 3 is 1.04 bits per heavy atom. The van der Waals surface area contributed by atoms with Crippen LogP contribution in [0.15, 0.2) is 122 Å². The van der Waals surface area contributed by atoms with Gasteiger partial charge in [-0.25, -0.2) is 0 Å². The third-order valence-corrected chi connectivity index (χ3v) is 19.7. The molecule has 14 heteroatoms. The largest absolute Gasteiger partial charge is 0.394 e. The average Bonchev–Trinajstić information content (AvgIpc) is 0.790. The van der Waals surface area contributed by atoms with Crippen LogP contribution in [0.5, 0.6) is 0 Å². The van der Waals surface area contributed by atoms with Gasteiger partial charge in [-0.05, 0) is 89.9 Å². The van der Waals surface area contributed by atoms with Crippen molar-refractivity contribution in [2.24, 2.45) is 0 Å². The third-order valence-electron chi connectivity index (χ3n) is 19.7. The van der Waals surface area contributed by atoms with E-state index in [4.69, 9.17) is 18.9 Å². The zero-order valence-corrected chi connectivity index (χ0v) is 64.6. The minimum atomic E-state index is -1.80. The van der Waals surface area contributed by atoms with Gasteiger partial charge < -0.3 is 65.1 Å². The molecule has 0 saturated carbocycles. The monoisotopic (exact) mass is 1430 g/mol. The summed E-state index contributed by atoms with van der Waals surface area (Å²) < 4.78 is 22.9. The summed E-state index contributed by atoms with van der Waals surface area (Å²) in [6.45, 7) is 2.72. The lowest BCUT2D eigenvalue weighted by Gasteiger charge is -2.46. The summed E-state index contributed by atoms with van der Waals surface area (Å²) in [7, 11) is 0. The van der Waals surface area contributed by atoms with Gasteiger partial charge in [-0.3, -0.25) is 4.79 Å². The molecule has 0 aliphatic carbocycles. The van der Waals surface area contributed by atoms with Crippen molar-refractivity contribution in [2.75, 3.05) is 19.8 Å². The fourth-order valence-electron chi connectivity index (χ4n) is 13.1. The number of aliphatic hydroxyl groups is 8. The number of hydrogen-bond donors (Lipinski definition) is 9. The summed E-state index contributed by atoms with van der Waals surface area (Å²) in [6, 6.07) is -0.929. The highest BCUT2D eigenvalue weighted by Crippen LogP contribution is 2.30. The number of nitrogens with one attached hydrogen (secondary N) is 1. The number of ether oxygens (including phenoxy) is 4. The van der Waals surface area contributed by atoms with Crippen LogP contribution in [0.3, 0.4) is 0 Å². The number of allylic oxidation sites excluding steroid dienone is 19. The first-order chi connectivity index (χ1) is 50.1. The van der Waals surface area contributed by atoms with E-state index < -0.39 is 86.8 Å². The standard InChI is InChI=1S/C88H153NO13/c1-3-5-7-9-11-13-15-17-19-21-23-25-27-29-31-33-35-36-37-38-39-40-42-44-46-48-50-52-54-56-58-60-62-64-66-68-70-72-80(93)89-76(75-99-87-85(98)83(96)86(79(74-91)101-87)102-88-84(97)82(95)81(94)78(73-90)100-88)77(92)71-69-67-65-63-61-59-57-55-53-51-49-47-45-43-41-34-32-30-28-26-24-22-20-18-16-14-12-10-8-6-4-2/h5,7,11,13,17,19,23,25,29,31,35-36,38-39,42,44,48,50,69,71,76-79,81-88,90-92,94-98H,3-4,6,8-10,12,14-16,18,20-22,24,26-28,30,32-34,37,40-41,43,45-47,49,51-68,70,72-75H2,1-2H3,(H,89,93)/b7-5-,13-11-,19-17-,25-23-,31-29-,36-35-,39-38-,44-42-,50-48-,71-69+. The highest BCUT2D eigenvalue weighted by molar-refractivity contribution is 5.76. The molecule has 2 aliphatic heterocycles. The van der Waals surface area contributed by atoms with Crippen LogP contribution in [0, 0.1) is 0 Å². The smallest absolute Gasteiger partial charge is 0.220 e. The quantitative estimate of drug-likeness (QED) is 0.0204. The first-order valence-corrected chi connectivity index (χ1v) is 41.8. The Morgan fingerprint density at radius 1 is 0.363 bits per heavy atom. The maximum atomic E-state index is 13.4. The lowest BCUT2D eigenvalue weighted by Crippen LogP contribution is -2.65. The molecule has 14 nitrogen and oxygen atoms in total. The van der Waals surface area contributed by atoms with Gasteiger partial charge in [-0.15, -0.1) is 0 Å². The maximum absolute atomic E-state index is 13.4. The highest BCUT2D eigenvalue weighted by atomic mass is 16.7. The molecule has 2 heterocycles. The normalized spacial score (nSPS) is 22.3. The van der Waals surface area contributed by atoms with Crippen LogP contribution >= 0.6 is 0 Å². The molecule has 588 valence electrons. The first kappa shape index (κ1) is 94.5. The van der Waals surface area contributed by atoms with Crippen molar-refractivity contribution in [3.8, 4) is 0 Å². The Hall–Kier alpha value is -3.61. The summed E-state index contributed by atoms with van der Waals surface area (Å²) in [5.74, 6) is -0.246. The molecule has 2 fully saturated rings. The molecule has 1 amide bonds. The Balaban J connectivity index is 1.62. The molecule has 0 spiro atoms. The lowest BCUT2D eigenvalue weighted by atomic mass is 9.97. The summed E-state index contributed by atoms with van der Waals surface area (Å²) in [5, 5.41) is 87.8. The minimum absolute atomic E-state index is 0.246. The molecular formula is C88H153NO13. The van der Waals surface area contributed by atoms with Gasteiger partial charge in [0.1, 0.15) is 48.8 Å². The Morgan fingerprint density at radius 2 is 0.676 bits per heavy atom. The molecule has 2 aliphatic rings. The average molecular weight is 1430 g/mol. The number of rotatable bonds is 69. The van der Waals surface area contributed by atoms with Gasteiger partial charge in [0.2, 0.25) is 5.91 Å². The Kier molecular flexibility index (Phi) is 65.2. The van der Waals surface area contributed by atoms with Crippen molar-refractivity contribution in [2.45, 2.75) is 408 Å². The molecule has 0 bridgehead atoms. The second-order valence-corrected chi connectivity index (χ2v) is 28.9. The second-order valence-electron chi connectivity index (χ2n) is 28.9. The van der Waals surface area contributed by atoms with Crippen molar-refractivity contribution in [3.05, 3.63) is 122 Å². The minimum Gasteiger partial charge on any atom is -0.394 e. The predicted molar refractivity (Wildman–Crippen MR) is 424 cm³/mol. The van der Waals surface area contributed by atoms with Gasteiger partial charge in [0.05, 0.1) is 32.0 Å². The first-order valence-electron chi connectivity index (χ1n) is 41.8. The summed E-state index contributed by atoms with van der Waals surface area (Å²) >= 11 is 0. The Bertz CT molecular complexity index is 2180. The van der Waals surface area contributed by atoms with Gasteiger partial charge >= 0.3 is 0 Å². The highest BCUT2D eigenvalue weighted by Gasteiger charge is 2.51. The fraction of sp³-hybridized carbons (Fsp3) is 0.761. The van der Waals surface area contributed by atoms with Crippen LogP contribution in [-0.4, -0.2) is 140 Å². The molecule has 2 saturated heterocycles. The maximum Gasteiger partial charge on any atom is 0.220 e. The van der Waals surface area contributed by atoms with E-state index in [2.05, 4.69) is 129 Å². The SMILES string of the molecule is CC/C=C\C/C=C\C/C=C\C/C=C\C/C=C\C/C=C\C/C=C\C/C=C\C/C=C\CCCCCCCCCCCC(=O)NC(COC1OC(CO)C(OC2OC(CO)C(O)C(O)C2O)C(O)C1O)C(O)/C=C/CCCCCCCCCCCCCCCCCCCCCCCCCCCCCCC. The number of aliphatic hydroxyl groups excluding tert-OH is 8. The van der Waals surface area contributed by atoms with E-state index in [1.54, 1.807) is 6.08 Å². The fourth-order valence-corrected chi connectivity index (χ4v) is 13.1. The van der Waals surface area contributed by atoms with Crippen LogP contribution in [0.25, 0.3) is 0 Å². The van der Waals surface area contributed by atoms with E-state index in [9.17, 15) is 45.6 Å². The Labute approximate surface area is 622 Å². The third kappa shape index (κ3) is 52.4. The van der Waals surface area contributed by atoms with Crippen molar-refractivity contribution in [1.29, 1.82) is 0 Å². The van der Waals surface area contributed by atoms with E-state index in [-0.39, 0.29) is 18.9 Å². The topological polar surface area (TPSA) is 228 Å². The van der Waals surface area contributed by atoms with E-state index >= 15 is 0 Å². The summed E-state index contributed by atoms with van der Waals surface area (Å²) in [5.41, 5.74) is 0. The van der Waals surface area contributed by atoms with Gasteiger partial charge in [-0.1, -0.05) is 360 Å². The zero-order chi connectivity index (χ0) is 73.7. The van der Waals surface area contributed by atoms with Crippen molar-refractivity contribution in [1.82, 2.24) is 5.32 Å². The molecule has 0 aromatic rings. The number of unbranched alkanes of at least 4 members (excludes halogenated alkanes) is 38. The van der Waals surface area contributed by atoms with E-state index in [0.29, 0.717) is 6.42 Å². The van der Waals surface area contributed by atoms with E-state index in [1.807, 2.05) is 6.08 Å². The summed E-state index contributed by atoms with van der Waals surface area (Å²) in [4.78, 5) is 13.4. The number of hydrogen-bond acceptors (Lipinski definition) is 13. The van der Waals surface area contributed by atoms with E-state index in [0.717, 1.165) is 103 Å². The molecule has 12 atom stereocenters. The van der Waals surface area contributed by atoms with Gasteiger partial charge in [0, 0.05) is 6.42 Å². The van der Waals surface area contributed by atoms with Gasteiger partial charge in [-0.2, -0.15) is 0 Å². The molecular weight excluding hydrogens is 1280 g/mol. The van der Waals surface area contributed by atoms with E-state index in [1.165, 1.54) is 205 Å². The van der Waals surface area contributed by atoms with Gasteiger partial charge in [0.15, 0.2) is 12.6 Å². The molecule has 102 heavy (non-hydrogen) atoms. The predicted octanol–water partition coefficient (Wildman–Crippen LogP) is 19.6.